The molecule has 2 rings (SSSR count). The van der Waals surface area contributed by atoms with E-state index in [9.17, 15) is 9.59 Å². The Balaban J connectivity index is 1.49. The summed E-state index contributed by atoms with van der Waals surface area (Å²) in [4.78, 5) is 24.4. The first-order valence-electron chi connectivity index (χ1n) is 15.9. The van der Waals surface area contributed by atoms with Crippen LogP contribution in [-0.4, -0.2) is 31.1 Å². The van der Waals surface area contributed by atoms with Gasteiger partial charge in [0, 0.05) is 30.6 Å². The van der Waals surface area contributed by atoms with Crippen molar-refractivity contribution in [3.63, 3.8) is 0 Å². The number of carbonyl (C=O) groups excluding carboxylic acids is 2. The van der Waals surface area contributed by atoms with Crippen LogP contribution in [0.4, 0.5) is 11.4 Å². The molecule has 0 aliphatic heterocycles. The maximum absolute atomic E-state index is 12.5. The summed E-state index contributed by atoms with van der Waals surface area (Å²) in [6, 6.07) is 15.2. The monoisotopic (exact) mass is 566 g/mol. The molecule has 0 fully saturated rings. The first-order valence-corrected chi connectivity index (χ1v) is 15.9. The van der Waals surface area contributed by atoms with Gasteiger partial charge in [0.1, 0.15) is 6.61 Å². The molecule has 0 saturated heterocycles. The molecule has 228 valence electrons. The van der Waals surface area contributed by atoms with Gasteiger partial charge in [-0.15, -0.1) is 0 Å². The molecular formula is C35H54N2O4. The highest BCUT2D eigenvalue weighted by atomic mass is 16.5. The summed E-state index contributed by atoms with van der Waals surface area (Å²) >= 11 is 0. The van der Waals surface area contributed by atoms with E-state index in [2.05, 4.69) is 6.92 Å². The number of ketones is 1. The van der Waals surface area contributed by atoms with Crippen molar-refractivity contribution in [2.75, 3.05) is 24.7 Å². The summed E-state index contributed by atoms with van der Waals surface area (Å²) in [6.07, 6.45) is 17.9. The van der Waals surface area contributed by atoms with Crippen LogP contribution in [0.25, 0.3) is 0 Å². The van der Waals surface area contributed by atoms with E-state index in [0.29, 0.717) is 25.1 Å². The molecule has 0 aliphatic carbocycles. The number of nitrogen functional groups attached to an aromatic ring is 2. The van der Waals surface area contributed by atoms with Crippen molar-refractivity contribution in [2.45, 2.75) is 122 Å². The largest absolute Gasteiger partial charge is 0.465 e. The fourth-order valence-corrected chi connectivity index (χ4v) is 4.98. The number of benzene rings is 2. The van der Waals surface area contributed by atoms with Crippen LogP contribution in [0.1, 0.15) is 114 Å². The van der Waals surface area contributed by atoms with Gasteiger partial charge >= 0.3 is 5.97 Å². The summed E-state index contributed by atoms with van der Waals surface area (Å²) < 4.78 is 11.5. The van der Waals surface area contributed by atoms with Crippen LogP contribution < -0.4 is 11.5 Å². The molecule has 0 radical (unpaired) electrons. The minimum atomic E-state index is -0.0983. The third-order valence-electron chi connectivity index (χ3n) is 7.53. The van der Waals surface area contributed by atoms with Gasteiger partial charge < -0.3 is 20.9 Å². The molecule has 6 heteroatoms. The van der Waals surface area contributed by atoms with Gasteiger partial charge in [-0.3, -0.25) is 9.59 Å². The quantitative estimate of drug-likeness (QED) is 0.0757. The van der Waals surface area contributed by atoms with E-state index in [1.165, 1.54) is 51.4 Å². The normalized spacial score (nSPS) is 11.8. The van der Waals surface area contributed by atoms with Crippen molar-refractivity contribution in [3.05, 3.63) is 59.7 Å². The zero-order chi connectivity index (χ0) is 29.5. The van der Waals surface area contributed by atoms with Gasteiger partial charge in [-0.05, 0) is 54.7 Å². The number of unbranched alkanes of at least 4 members (excludes halogenated alkanes) is 10. The van der Waals surface area contributed by atoms with Crippen molar-refractivity contribution in [1.82, 2.24) is 0 Å². The smallest absolute Gasteiger partial charge is 0.305 e. The Morgan fingerprint density at radius 3 is 1.78 bits per heavy atom. The first-order chi connectivity index (χ1) is 20.0. The van der Waals surface area contributed by atoms with Crippen LogP contribution in [-0.2, 0) is 31.9 Å². The SMILES string of the molecule is CCCCCC[C@H](CCCCCCCCCCC(=O)OCCc1ccc(N)cc1)OCC(=O)Cc1ccc(N)cc1. The van der Waals surface area contributed by atoms with Gasteiger partial charge in [0.25, 0.3) is 0 Å². The number of carbonyl (C=O) groups is 2. The Bertz CT molecular complexity index is 959. The Morgan fingerprint density at radius 2 is 1.20 bits per heavy atom. The summed E-state index contributed by atoms with van der Waals surface area (Å²) in [7, 11) is 0. The summed E-state index contributed by atoms with van der Waals surface area (Å²) in [5, 5.41) is 0. The molecule has 41 heavy (non-hydrogen) atoms. The average Bonchev–Trinajstić information content (AvgIpc) is 2.96. The third-order valence-corrected chi connectivity index (χ3v) is 7.53. The fourth-order valence-electron chi connectivity index (χ4n) is 4.98. The van der Waals surface area contributed by atoms with Crippen LogP contribution in [0.2, 0.25) is 0 Å². The maximum Gasteiger partial charge on any atom is 0.305 e. The minimum absolute atomic E-state index is 0.0983. The van der Waals surface area contributed by atoms with Crippen molar-refractivity contribution in [2.24, 2.45) is 0 Å². The summed E-state index contributed by atoms with van der Waals surface area (Å²) in [5.41, 5.74) is 15.0. The van der Waals surface area contributed by atoms with Crippen LogP contribution in [0.15, 0.2) is 48.5 Å². The molecule has 0 bridgehead atoms. The number of Topliss-reactive ketones (excluding diaryl/α,β-unsaturated/α-hetero) is 1. The van der Waals surface area contributed by atoms with E-state index in [1.807, 2.05) is 48.5 Å². The highest BCUT2D eigenvalue weighted by molar-refractivity contribution is 5.82. The van der Waals surface area contributed by atoms with Crippen molar-refractivity contribution in [3.8, 4) is 0 Å². The van der Waals surface area contributed by atoms with Crippen LogP contribution in [0.3, 0.4) is 0 Å². The van der Waals surface area contributed by atoms with Gasteiger partial charge in [0.2, 0.25) is 0 Å². The van der Waals surface area contributed by atoms with Gasteiger partial charge in [0.05, 0.1) is 12.7 Å². The predicted octanol–water partition coefficient (Wildman–Crippen LogP) is 8.01. The Kier molecular flexibility index (Phi) is 18.3. The molecule has 4 N–H and O–H groups in total. The number of nitrogens with two attached hydrogens (primary N) is 2. The average molecular weight is 567 g/mol. The third kappa shape index (κ3) is 17.5. The molecule has 0 aliphatic rings. The molecular weight excluding hydrogens is 512 g/mol. The Labute approximate surface area is 248 Å². The van der Waals surface area contributed by atoms with Gasteiger partial charge in [-0.1, -0.05) is 102 Å². The number of hydrogen-bond donors (Lipinski definition) is 2. The van der Waals surface area contributed by atoms with Crippen molar-refractivity contribution >= 4 is 23.1 Å². The molecule has 0 unspecified atom stereocenters. The summed E-state index contributed by atoms with van der Waals surface area (Å²) in [5.74, 6) is 0.0265. The fraction of sp³-hybridized carbons (Fsp3) is 0.600. The number of anilines is 2. The summed E-state index contributed by atoms with van der Waals surface area (Å²) in [6.45, 7) is 2.84. The molecule has 6 nitrogen and oxygen atoms in total. The molecule has 0 saturated carbocycles. The second-order valence-electron chi connectivity index (χ2n) is 11.3. The van der Waals surface area contributed by atoms with E-state index >= 15 is 0 Å². The van der Waals surface area contributed by atoms with Crippen LogP contribution in [0.5, 0.6) is 0 Å². The van der Waals surface area contributed by atoms with E-state index in [0.717, 1.165) is 61.8 Å². The predicted molar refractivity (Wildman–Crippen MR) is 170 cm³/mol. The highest BCUT2D eigenvalue weighted by Gasteiger charge is 2.12. The highest BCUT2D eigenvalue weighted by Crippen LogP contribution is 2.17. The van der Waals surface area contributed by atoms with Crippen molar-refractivity contribution in [1.29, 1.82) is 0 Å². The van der Waals surface area contributed by atoms with E-state index in [4.69, 9.17) is 20.9 Å². The van der Waals surface area contributed by atoms with Crippen molar-refractivity contribution < 1.29 is 19.1 Å². The van der Waals surface area contributed by atoms with Crippen LogP contribution >= 0.6 is 0 Å². The maximum atomic E-state index is 12.5. The van der Waals surface area contributed by atoms with E-state index in [1.54, 1.807) is 0 Å². The standard InChI is InChI=1S/C35H54N2O4/c1-2-3-4-11-14-34(41-28-33(38)27-30-19-23-32(37)24-20-30)15-12-9-7-5-6-8-10-13-16-35(39)40-26-25-29-17-21-31(36)22-18-29/h17-24,34H,2-16,25-28,36-37H2,1H3/t34-/m1/s1. The van der Waals surface area contributed by atoms with Crippen LogP contribution in [0, 0.1) is 0 Å². The molecule has 0 spiro atoms. The zero-order valence-corrected chi connectivity index (χ0v) is 25.4. The number of ether oxygens (including phenoxy) is 2. The number of esters is 1. The molecule has 2 aromatic carbocycles. The molecule has 0 aromatic heterocycles. The lowest BCUT2D eigenvalue weighted by Crippen LogP contribution is -2.20. The minimum Gasteiger partial charge on any atom is -0.465 e. The lowest BCUT2D eigenvalue weighted by Gasteiger charge is -2.18. The zero-order valence-electron chi connectivity index (χ0n) is 25.4. The topological polar surface area (TPSA) is 105 Å². The molecule has 0 heterocycles. The lowest BCUT2D eigenvalue weighted by atomic mass is 10.0. The molecule has 0 amide bonds. The number of hydrogen-bond acceptors (Lipinski definition) is 6. The van der Waals surface area contributed by atoms with E-state index < -0.39 is 0 Å². The second-order valence-corrected chi connectivity index (χ2v) is 11.3. The first kappa shape index (κ1) is 34.3. The molecule has 2 aromatic rings. The Hall–Kier alpha value is -2.86. The lowest BCUT2D eigenvalue weighted by molar-refractivity contribution is -0.143. The van der Waals surface area contributed by atoms with Gasteiger partial charge in [-0.25, -0.2) is 0 Å². The Morgan fingerprint density at radius 1 is 0.683 bits per heavy atom. The van der Waals surface area contributed by atoms with E-state index in [-0.39, 0.29) is 24.5 Å². The second kappa shape index (κ2) is 21.8. The van der Waals surface area contributed by atoms with Gasteiger partial charge in [0.15, 0.2) is 5.78 Å². The number of rotatable bonds is 24. The molecule has 1 atom stereocenters. The van der Waals surface area contributed by atoms with Gasteiger partial charge in [-0.2, -0.15) is 0 Å².